The highest BCUT2D eigenvalue weighted by Gasteiger charge is 2.23. The van der Waals surface area contributed by atoms with Gasteiger partial charge in [-0.1, -0.05) is 72.8 Å². The van der Waals surface area contributed by atoms with Gasteiger partial charge in [0, 0.05) is 13.1 Å². The van der Waals surface area contributed by atoms with Crippen molar-refractivity contribution < 1.29 is 4.79 Å². The van der Waals surface area contributed by atoms with E-state index in [9.17, 15) is 4.79 Å². The predicted molar refractivity (Wildman–Crippen MR) is 132 cm³/mol. The number of anilines is 1. The van der Waals surface area contributed by atoms with Crippen molar-refractivity contribution in [3.63, 3.8) is 0 Å². The summed E-state index contributed by atoms with van der Waals surface area (Å²) in [4.78, 5) is 22.8. The van der Waals surface area contributed by atoms with Crippen LogP contribution in [0.3, 0.4) is 0 Å². The lowest BCUT2D eigenvalue weighted by Gasteiger charge is -2.08. The molecule has 0 aliphatic rings. The molecule has 5 rings (SSSR count). The molecule has 3 aromatic carbocycles. The van der Waals surface area contributed by atoms with E-state index in [0.717, 1.165) is 23.9 Å². The second kappa shape index (κ2) is 9.12. The summed E-state index contributed by atoms with van der Waals surface area (Å²) in [5.74, 6) is 0.171. The summed E-state index contributed by atoms with van der Waals surface area (Å²) in [7, 11) is 0. The van der Waals surface area contributed by atoms with Gasteiger partial charge >= 0.3 is 0 Å². The van der Waals surface area contributed by atoms with Gasteiger partial charge < -0.3 is 15.6 Å². The molecule has 6 nitrogen and oxygen atoms in total. The van der Waals surface area contributed by atoms with Crippen molar-refractivity contribution in [3.8, 4) is 0 Å². The Bertz CT molecular complexity index is 1410. The minimum atomic E-state index is -0.225. The molecule has 2 aromatic heterocycles. The molecule has 164 valence electrons. The van der Waals surface area contributed by atoms with Crippen molar-refractivity contribution in [3.05, 3.63) is 102 Å². The van der Waals surface area contributed by atoms with Gasteiger partial charge in [0.05, 0.1) is 11.0 Å². The number of nitrogens with two attached hydrogens (primary N) is 1. The van der Waals surface area contributed by atoms with Gasteiger partial charge in [-0.25, -0.2) is 9.97 Å². The number of hydrogen-bond donors (Lipinski definition) is 2. The number of rotatable bonds is 7. The van der Waals surface area contributed by atoms with E-state index in [1.165, 1.54) is 11.1 Å². The van der Waals surface area contributed by atoms with Gasteiger partial charge in [0.2, 0.25) is 0 Å². The van der Waals surface area contributed by atoms with Crippen molar-refractivity contribution in [2.75, 3.05) is 12.3 Å². The molecule has 0 aliphatic carbocycles. The van der Waals surface area contributed by atoms with Crippen LogP contribution in [0.1, 0.15) is 21.5 Å². The first-order valence-corrected chi connectivity index (χ1v) is 11.1. The highest BCUT2D eigenvalue weighted by molar-refractivity contribution is 6.10. The maximum absolute atomic E-state index is 13.2. The molecule has 0 spiro atoms. The van der Waals surface area contributed by atoms with E-state index < -0.39 is 0 Å². The Morgan fingerprint density at radius 2 is 1.36 bits per heavy atom. The Labute approximate surface area is 192 Å². The highest BCUT2D eigenvalue weighted by Crippen LogP contribution is 2.28. The standard InChI is InChI=1S/C27H25N5O/c28-25-23(27(33)29-17-15-19-9-3-1-4-10-19)24-26(31-22-14-8-7-13-21(22)30-24)32(25)18-16-20-11-5-2-6-12-20/h1-14H,15-18,28H2,(H,29,33). The van der Waals surface area contributed by atoms with E-state index in [1.54, 1.807) is 0 Å². The Morgan fingerprint density at radius 3 is 2.03 bits per heavy atom. The Kier molecular flexibility index (Phi) is 5.72. The third-order valence-electron chi connectivity index (χ3n) is 5.83. The number of amides is 1. The number of para-hydroxylation sites is 2. The van der Waals surface area contributed by atoms with Gasteiger partial charge in [-0.2, -0.15) is 0 Å². The lowest BCUT2D eigenvalue weighted by Crippen LogP contribution is -2.26. The molecule has 1 amide bonds. The van der Waals surface area contributed by atoms with Crippen molar-refractivity contribution in [2.24, 2.45) is 0 Å². The second-order valence-corrected chi connectivity index (χ2v) is 8.02. The van der Waals surface area contributed by atoms with Crippen LogP contribution in [-0.2, 0) is 19.4 Å². The number of aryl methyl sites for hydroxylation is 2. The third kappa shape index (κ3) is 4.28. The summed E-state index contributed by atoms with van der Waals surface area (Å²) >= 11 is 0. The average molecular weight is 436 g/mol. The first-order valence-electron chi connectivity index (χ1n) is 11.1. The molecule has 0 fully saturated rings. The van der Waals surface area contributed by atoms with E-state index in [-0.39, 0.29) is 5.91 Å². The summed E-state index contributed by atoms with van der Waals surface area (Å²) in [6, 6.07) is 27.9. The molecule has 5 aromatic rings. The second-order valence-electron chi connectivity index (χ2n) is 8.02. The summed E-state index contributed by atoms with van der Waals surface area (Å²) in [6.45, 7) is 1.12. The topological polar surface area (TPSA) is 85.8 Å². The number of benzene rings is 3. The summed E-state index contributed by atoms with van der Waals surface area (Å²) in [6.07, 6.45) is 1.52. The monoisotopic (exact) mass is 435 g/mol. The normalized spacial score (nSPS) is 11.2. The molecule has 0 unspecified atom stereocenters. The zero-order chi connectivity index (χ0) is 22.6. The van der Waals surface area contributed by atoms with Crippen LogP contribution in [0.2, 0.25) is 0 Å². The van der Waals surface area contributed by atoms with Gasteiger partial charge in [-0.3, -0.25) is 4.79 Å². The molecule has 33 heavy (non-hydrogen) atoms. The molecule has 0 bridgehead atoms. The number of aromatic nitrogens is 3. The predicted octanol–water partition coefficient (Wildman–Crippen LogP) is 4.38. The van der Waals surface area contributed by atoms with Crippen molar-refractivity contribution >= 4 is 33.9 Å². The van der Waals surface area contributed by atoms with E-state index in [1.807, 2.05) is 77.4 Å². The fourth-order valence-electron chi connectivity index (χ4n) is 4.11. The lowest BCUT2D eigenvalue weighted by atomic mass is 10.1. The number of carbonyl (C=O) groups is 1. The first-order chi connectivity index (χ1) is 16.2. The van der Waals surface area contributed by atoms with Crippen LogP contribution in [0, 0.1) is 0 Å². The Hall–Kier alpha value is -4.19. The first kappa shape index (κ1) is 20.7. The van der Waals surface area contributed by atoms with E-state index >= 15 is 0 Å². The summed E-state index contributed by atoms with van der Waals surface area (Å²) in [5.41, 5.74) is 12.0. The molecular weight excluding hydrogens is 410 g/mol. The minimum Gasteiger partial charge on any atom is -0.384 e. The smallest absolute Gasteiger partial charge is 0.257 e. The molecular formula is C27H25N5O. The molecule has 0 atom stereocenters. The van der Waals surface area contributed by atoms with Gasteiger partial charge in [0.25, 0.3) is 5.91 Å². The number of hydrogen-bond acceptors (Lipinski definition) is 4. The molecule has 6 heteroatoms. The van der Waals surface area contributed by atoms with Crippen molar-refractivity contribution in [2.45, 2.75) is 19.4 Å². The molecule has 0 radical (unpaired) electrons. The van der Waals surface area contributed by atoms with Crippen molar-refractivity contribution in [1.29, 1.82) is 0 Å². The van der Waals surface area contributed by atoms with Crippen LogP contribution in [0.15, 0.2) is 84.9 Å². The van der Waals surface area contributed by atoms with Gasteiger partial charge in [0.15, 0.2) is 5.65 Å². The van der Waals surface area contributed by atoms with Crippen LogP contribution in [0.5, 0.6) is 0 Å². The zero-order valence-corrected chi connectivity index (χ0v) is 18.2. The third-order valence-corrected chi connectivity index (χ3v) is 5.83. The van der Waals surface area contributed by atoms with Crippen LogP contribution in [0.25, 0.3) is 22.2 Å². The molecule has 0 saturated carbocycles. The quantitative estimate of drug-likeness (QED) is 0.397. The number of nitrogen functional groups attached to an aromatic ring is 1. The van der Waals surface area contributed by atoms with E-state index in [2.05, 4.69) is 17.4 Å². The molecule has 3 N–H and O–H groups in total. The maximum atomic E-state index is 13.2. The lowest BCUT2D eigenvalue weighted by molar-refractivity contribution is 0.0956. The number of nitrogens with one attached hydrogen (secondary N) is 1. The summed E-state index contributed by atoms with van der Waals surface area (Å²) < 4.78 is 1.91. The molecule has 0 saturated heterocycles. The minimum absolute atomic E-state index is 0.225. The van der Waals surface area contributed by atoms with E-state index in [4.69, 9.17) is 15.7 Å². The van der Waals surface area contributed by atoms with Crippen LogP contribution >= 0.6 is 0 Å². The molecule has 0 aliphatic heterocycles. The van der Waals surface area contributed by atoms with E-state index in [0.29, 0.717) is 35.6 Å². The fraction of sp³-hybridized carbons (Fsp3) is 0.148. The van der Waals surface area contributed by atoms with Gasteiger partial charge in [0.1, 0.15) is 16.9 Å². The number of carbonyl (C=O) groups excluding carboxylic acids is 1. The van der Waals surface area contributed by atoms with Crippen LogP contribution < -0.4 is 11.1 Å². The van der Waals surface area contributed by atoms with Crippen LogP contribution in [0.4, 0.5) is 5.82 Å². The Morgan fingerprint density at radius 1 is 0.788 bits per heavy atom. The maximum Gasteiger partial charge on any atom is 0.257 e. The molecule has 2 heterocycles. The van der Waals surface area contributed by atoms with Crippen molar-refractivity contribution in [1.82, 2.24) is 19.9 Å². The Balaban J connectivity index is 1.49. The van der Waals surface area contributed by atoms with Gasteiger partial charge in [-0.15, -0.1) is 0 Å². The van der Waals surface area contributed by atoms with Crippen LogP contribution in [-0.4, -0.2) is 27.0 Å². The summed E-state index contributed by atoms with van der Waals surface area (Å²) in [5, 5.41) is 3.02. The number of nitrogens with zero attached hydrogens (tertiary/aromatic N) is 3. The average Bonchev–Trinajstić information content (AvgIpc) is 3.12. The largest absolute Gasteiger partial charge is 0.384 e. The fourth-order valence-corrected chi connectivity index (χ4v) is 4.11. The zero-order valence-electron chi connectivity index (χ0n) is 18.2. The number of fused-ring (bicyclic) bond motifs is 2. The highest BCUT2D eigenvalue weighted by atomic mass is 16.1. The van der Waals surface area contributed by atoms with Gasteiger partial charge in [-0.05, 0) is 36.1 Å². The SMILES string of the molecule is Nc1c(C(=O)NCCc2ccccc2)c2nc3ccccc3nc2n1CCc1ccccc1.